The SMILES string of the molecule is CC(CCN(C)C)NC(=O)c1cccc([N+](=O)[O-])c1Cl. The summed E-state index contributed by atoms with van der Waals surface area (Å²) in [6, 6.07) is 4.15. The van der Waals surface area contributed by atoms with Gasteiger partial charge in [-0.2, -0.15) is 0 Å². The summed E-state index contributed by atoms with van der Waals surface area (Å²) in [6.45, 7) is 2.72. The van der Waals surface area contributed by atoms with Crippen molar-refractivity contribution in [2.75, 3.05) is 20.6 Å². The highest BCUT2D eigenvalue weighted by Crippen LogP contribution is 2.27. The van der Waals surface area contributed by atoms with E-state index in [1.54, 1.807) is 0 Å². The van der Waals surface area contributed by atoms with Gasteiger partial charge in [0.1, 0.15) is 5.02 Å². The van der Waals surface area contributed by atoms with Gasteiger partial charge in [0, 0.05) is 12.1 Å². The second kappa shape index (κ2) is 7.21. The van der Waals surface area contributed by atoms with Crippen LogP contribution in [0.4, 0.5) is 5.69 Å². The van der Waals surface area contributed by atoms with E-state index in [2.05, 4.69) is 5.32 Å². The zero-order valence-electron chi connectivity index (χ0n) is 11.7. The molecule has 110 valence electrons. The van der Waals surface area contributed by atoms with Gasteiger partial charge < -0.3 is 10.2 Å². The fraction of sp³-hybridized carbons (Fsp3) is 0.462. The van der Waals surface area contributed by atoms with E-state index in [1.807, 2.05) is 25.9 Å². The Bertz CT molecular complexity index is 506. The molecular formula is C13H18ClN3O3. The van der Waals surface area contributed by atoms with Gasteiger partial charge in [0.15, 0.2) is 0 Å². The third-order valence-corrected chi connectivity index (χ3v) is 3.20. The molecule has 0 saturated heterocycles. The van der Waals surface area contributed by atoms with Crippen LogP contribution in [0.2, 0.25) is 5.02 Å². The van der Waals surface area contributed by atoms with Crippen LogP contribution in [0.5, 0.6) is 0 Å². The zero-order chi connectivity index (χ0) is 15.3. The van der Waals surface area contributed by atoms with Crippen molar-refractivity contribution in [2.24, 2.45) is 0 Å². The van der Waals surface area contributed by atoms with E-state index < -0.39 is 10.8 Å². The number of nitro groups is 1. The number of amides is 1. The summed E-state index contributed by atoms with van der Waals surface area (Å²) in [4.78, 5) is 24.3. The van der Waals surface area contributed by atoms with Gasteiger partial charge in [0.05, 0.1) is 10.5 Å². The fourth-order valence-electron chi connectivity index (χ4n) is 1.66. The van der Waals surface area contributed by atoms with Gasteiger partial charge in [-0.3, -0.25) is 14.9 Å². The lowest BCUT2D eigenvalue weighted by atomic mass is 10.1. The van der Waals surface area contributed by atoms with E-state index in [-0.39, 0.29) is 22.3 Å². The largest absolute Gasteiger partial charge is 0.349 e. The lowest BCUT2D eigenvalue weighted by Gasteiger charge is -2.17. The predicted molar refractivity (Wildman–Crippen MR) is 78.2 cm³/mol. The first-order valence-electron chi connectivity index (χ1n) is 6.21. The molecule has 1 atom stereocenters. The molecule has 1 N–H and O–H groups in total. The van der Waals surface area contributed by atoms with E-state index in [0.717, 1.165) is 13.0 Å². The normalized spacial score (nSPS) is 12.2. The quantitative estimate of drug-likeness (QED) is 0.646. The summed E-state index contributed by atoms with van der Waals surface area (Å²) in [7, 11) is 3.90. The molecule has 1 amide bonds. The molecule has 0 aliphatic heterocycles. The minimum Gasteiger partial charge on any atom is -0.349 e. The van der Waals surface area contributed by atoms with Gasteiger partial charge in [0.2, 0.25) is 0 Å². The van der Waals surface area contributed by atoms with E-state index in [4.69, 9.17) is 11.6 Å². The van der Waals surface area contributed by atoms with Crippen LogP contribution in [0.15, 0.2) is 18.2 Å². The molecule has 7 heteroatoms. The maximum atomic E-state index is 12.1. The van der Waals surface area contributed by atoms with Crippen molar-refractivity contribution in [3.05, 3.63) is 38.9 Å². The molecule has 1 rings (SSSR count). The number of nitrogens with zero attached hydrogens (tertiary/aromatic N) is 2. The van der Waals surface area contributed by atoms with Crippen molar-refractivity contribution in [3.8, 4) is 0 Å². The van der Waals surface area contributed by atoms with Crippen LogP contribution in [0.3, 0.4) is 0 Å². The molecule has 0 fully saturated rings. The van der Waals surface area contributed by atoms with Gasteiger partial charge in [-0.25, -0.2) is 0 Å². The number of rotatable bonds is 6. The average molecular weight is 300 g/mol. The number of carbonyl (C=O) groups excluding carboxylic acids is 1. The monoisotopic (exact) mass is 299 g/mol. The summed E-state index contributed by atoms with van der Waals surface area (Å²) >= 11 is 5.90. The van der Waals surface area contributed by atoms with E-state index in [9.17, 15) is 14.9 Å². The molecule has 0 aromatic heterocycles. The lowest BCUT2D eigenvalue weighted by Crippen LogP contribution is -2.35. The summed E-state index contributed by atoms with van der Waals surface area (Å²) in [5.41, 5.74) is -0.141. The molecule has 6 nitrogen and oxygen atoms in total. The lowest BCUT2D eigenvalue weighted by molar-refractivity contribution is -0.384. The highest BCUT2D eigenvalue weighted by molar-refractivity contribution is 6.35. The Morgan fingerprint density at radius 3 is 2.70 bits per heavy atom. The third-order valence-electron chi connectivity index (χ3n) is 2.81. The molecule has 0 aliphatic carbocycles. The molecule has 0 bridgehead atoms. The van der Waals surface area contributed by atoms with Crippen molar-refractivity contribution < 1.29 is 9.72 Å². The fourth-order valence-corrected chi connectivity index (χ4v) is 1.94. The second-order valence-electron chi connectivity index (χ2n) is 4.86. The first kappa shape index (κ1) is 16.4. The summed E-state index contributed by atoms with van der Waals surface area (Å²) in [5.74, 6) is -0.398. The van der Waals surface area contributed by atoms with Gasteiger partial charge in [-0.1, -0.05) is 17.7 Å². The molecule has 20 heavy (non-hydrogen) atoms. The standard InChI is InChI=1S/C13H18ClN3O3/c1-9(7-8-16(2)3)15-13(18)10-5-4-6-11(12(10)14)17(19)20/h4-6,9H,7-8H2,1-3H3,(H,15,18). The van der Waals surface area contributed by atoms with Crippen LogP contribution >= 0.6 is 11.6 Å². The van der Waals surface area contributed by atoms with Crippen molar-refractivity contribution in [1.29, 1.82) is 0 Å². The van der Waals surface area contributed by atoms with Crippen LogP contribution in [0.1, 0.15) is 23.7 Å². The first-order valence-corrected chi connectivity index (χ1v) is 6.59. The number of halogens is 1. The Balaban J connectivity index is 2.78. The molecule has 0 heterocycles. The molecule has 1 unspecified atom stereocenters. The summed E-state index contributed by atoms with van der Waals surface area (Å²) in [6.07, 6.45) is 0.783. The molecular weight excluding hydrogens is 282 g/mol. The Hall–Kier alpha value is -1.66. The number of hydrogen-bond acceptors (Lipinski definition) is 4. The summed E-state index contributed by atoms with van der Waals surface area (Å²) < 4.78 is 0. The predicted octanol–water partition coefficient (Wildman–Crippen LogP) is 2.32. The topological polar surface area (TPSA) is 75.5 Å². The molecule has 1 aromatic carbocycles. The number of benzene rings is 1. The Kier molecular flexibility index (Phi) is 5.91. The van der Waals surface area contributed by atoms with Crippen LogP contribution in [-0.2, 0) is 0 Å². The first-order chi connectivity index (χ1) is 9.32. The summed E-state index contributed by atoms with van der Waals surface area (Å²) in [5, 5.41) is 13.4. The third kappa shape index (κ3) is 4.47. The maximum Gasteiger partial charge on any atom is 0.288 e. The molecule has 1 aromatic rings. The number of nitrogens with one attached hydrogen (secondary N) is 1. The second-order valence-corrected chi connectivity index (χ2v) is 5.24. The van der Waals surface area contributed by atoms with Gasteiger partial charge in [-0.05, 0) is 40.1 Å². The van der Waals surface area contributed by atoms with Crippen LogP contribution in [0.25, 0.3) is 0 Å². The van der Waals surface area contributed by atoms with Gasteiger partial charge >= 0.3 is 0 Å². The van der Waals surface area contributed by atoms with Crippen molar-refractivity contribution in [3.63, 3.8) is 0 Å². The van der Waals surface area contributed by atoms with Crippen molar-refractivity contribution in [1.82, 2.24) is 10.2 Å². The van der Waals surface area contributed by atoms with Crippen molar-refractivity contribution >= 4 is 23.2 Å². The van der Waals surface area contributed by atoms with Crippen molar-refractivity contribution in [2.45, 2.75) is 19.4 Å². The van der Waals surface area contributed by atoms with Crippen LogP contribution < -0.4 is 5.32 Å². The minimum absolute atomic E-state index is 0.0415. The highest BCUT2D eigenvalue weighted by atomic mass is 35.5. The number of nitro benzene ring substituents is 1. The minimum atomic E-state index is -0.603. The van der Waals surface area contributed by atoms with Gasteiger partial charge in [-0.15, -0.1) is 0 Å². The Morgan fingerprint density at radius 2 is 2.15 bits per heavy atom. The van der Waals surface area contributed by atoms with Crippen LogP contribution in [-0.4, -0.2) is 42.4 Å². The molecule has 0 spiro atoms. The van der Waals surface area contributed by atoms with E-state index >= 15 is 0 Å². The number of carbonyl (C=O) groups is 1. The van der Waals surface area contributed by atoms with E-state index in [0.29, 0.717) is 0 Å². The average Bonchev–Trinajstić information content (AvgIpc) is 2.36. The number of hydrogen-bond donors (Lipinski definition) is 1. The molecule has 0 aliphatic rings. The maximum absolute atomic E-state index is 12.1. The van der Waals surface area contributed by atoms with Gasteiger partial charge in [0.25, 0.3) is 11.6 Å². The highest BCUT2D eigenvalue weighted by Gasteiger charge is 2.20. The molecule has 0 saturated carbocycles. The smallest absolute Gasteiger partial charge is 0.288 e. The zero-order valence-corrected chi connectivity index (χ0v) is 12.5. The Labute approximate surface area is 122 Å². The molecule has 0 radical (unpaired) electrons. The Morgan fingerprint density at radius 1 is 1.50 bits per heavy atom. The van der Waals surface area contributed by atoms with Crippen LogP contribution in [0, 0.1) is 10.1 Å². The van der Waals surface area contributed by atoms with E-state index in [1.165, 1.54) is 18.2 Å².